The standard InChI is InChI=1S/C28H22N4O2/c33-27(29-23-7-3-1-4-8-23)31-25-13-11-19-15-20-12-14-26(18-22(20)16-21(19)17-25)32-28(34)30-24-9-5-2-6-10-24/h1-18H,(H2,29,31,33)(H2,30,32,34). The van der Waals surface area contributed by atoms with Crippen molar-refractivity contribution in [1.29, 1.82) is 0 Å². The molecule has 6 heteroatoms. The Bertz CT molecular complexity index is 1370. The largest absolute Gasteiger partial charge is 0.323 e. The molecule has 4 amide bonds. The number of para-hydroxylation sites is 2. The van der Waals surface area contributed by atoms with Crippen molar-refractivity contribution in [2.75, 3.05) is 21.3 Å². The number of rotatable bonds is 4. The molecule has 0 aliphatic heterocycles. The van der Waals surface area contributed by atoms with E-state index in [-0.39, 0.29) is 12.1 Å². The van der Waals surface area contributed by atoms with Gasteiger partial charge in [-0.2, -0.15) is 0 Å². The van der Waals surface area contributed by atoms with E-state index < -0.39 is 0 Å². The van der Waals surface area contributed by atoms with Crippen LogP contribution in [-0.4, -0.2) is 12.1 Å². The molecule has 0 unspecified atom stereocenters. The summed E-state index contributed by atoms with van der Waals surface area (Å²) in [5.74, 6) is 0. The van der Waals surface area contributed by atoms with E-state index >= 15 is 0 Å². The van der Waals surface area contributed by atoms with Gasteiger partial charge in [0, 0.05) is 22.7 Å². The summed E-state index contributed by atoms with van der Waals surface area (Å²) in [6.07, 6.45) is 0. The first-order valence-electron chi connectivity index (χ1n) is 10.9. The van der Waals surface area contributed by atoms with E-state index in [4.69, 9.17) is 0 Å². The third kappa shape index (κ3) is 4.97. The zero-order valence-electron chi connectivity index (χ0n) is 18.2. The van der Waals surface area contributed by atoms with Crippen LogP contribution in [0.1, 0.15) is 0 Å². The summed E-state index contributed by atoms with van der Waals surface area (Å²) in [6.45, 7) is 0. The average Bonchev–Trinajstić information content (AvgIpc) is 2.84. The molecule has 5 aromatic rings. The SMILES string of the molecule is O=C(Nc1ccccc1)Nc1ccc2cc3ccc(NC(=O)Nc4ccccc4)cc3cc2c1. The summed E-state index contributed by atoms with van der Waals surface area (Å²) in [5, 5.41) is 15.5. The van der Waals surface area contributed by atoms with E-state index in [2.05, 4.69) is 27.3 Å². The van der Waals surface area contributed by atoms with E-state index in [1.54, 1.807) is 0 Å². The highest BCUT2D eigenvalue weighted by atomic mass is 16.2. The second-order valence-electron chi connectivity index (χ2n) is 7.87. The monoisotopic (exact) mass is 446 g/mol. The predicted molar refractivity (Wildman–Crippen MR) is 140 cm³/mol. The molecule has 0 aromatic heterocycles. The summed E-state index contributed by atoms with van der Waals surface area (Å²) < 4.78 is 0. The fraction of sp³-hybridized carbons (Fsp3) is 0. The lowest BCUT2D eigenvalue weighted by Crippen LogP contribution is -2.19. The van der Waals surface area contributed by atoms with Crippen LogP contribution in [0.3, 0.4) is 0 Å². The minimum absolute atomic E-state index is 0.303. The molecule has 4 N–H and O–H groups in total. The van der Waals surface area contributed by atoms with Gasteiger partial charge in [0.25, 0.3) is 0 Å². The minimum atomic E-state index is -0.303. The van der Waals surface area contributed by atoms with Crippen molar-refractivity contribution in [3.8, 4) is 0 Å². The lowest BCUT2D eigenvalue weighted by molar-refractivity contribution is 0.261. The van der Waals surface area contributed by atoms with Gasteiger partial charge in [-0.15, -0.1) is 0 Å². The van der Waals surface area contributed by atoms with Gasteiger partial charge < -0.3 is 21.3 Å². The first kappa shape index (κ1) is 21.0. The van der Waals surface area contributed by atoms with Crippen LogP contribution in [0.15, 0.2) is 109 Å². The van der Waals surface area contributed by atoms with Crippen LogP contribution in [0.5, 0.6) is 0 Å². The van der Waals surface area contributed by atoms with Gasteiger partial charge in [-0.1, -0.05) is 48.5 Å². The van der Waals surface area contributed by atoms with Gasteiger partial charge in [0.15, 0.2) is 0 Å². The molecule has 166 valence electrons. The summed E-state index contributed by atoms with van der Waals surface area (Å²) in [4.78, 5) is 24.7. The smallest absolute Gasteiger partial charge is 0.308 e. The number of anilines is 4. The number of hydrogen-bond acceptors (Lipinski definition) is 2. The van der Waals surface area contributed by atoms with Gasteiger partial charge >= 0.3 is 12.1 Å². The molecule has 0 saturated carbocycles. The highest BCUT2D eigenvalue weighted by Crippen LogP contribution is 2.27. The van der Waals surface area contributed by atoms with Crippen molar-refractivity contribution in [3.63, 3.8) is 0 Å². The maximum Gasteiger partial charge on any atom is 0.323 e. The number of urea groups is 2. The Morgan fingerprint density at radius 1 is 0.382 bits per heavy atom. The second-order valence-corrected chi connectivity index (χ2v) is 7.87. The summed E-state index contributed by atoms with van der Waals surface area (Å²) in [7, 11) is 0. The van der Waals surface area contributed by atoms with Gasteiger partial charge in [-0.3, -0.25) is 0 Å². The maximum absolute atomic E-state index is 12.3. The zero-order chi connectivity index (χ0) is 23.3. The molecule has 0 aliphatic rings. The van der Waals surface area contributed by atoms with Crippen LogP contribution in [0, 0.1) is 0 Å². The van der Waals surface area contributed by atoms with Gasteiger partial charge in [-0.05, 0) is 82.2 Å². The normalized spacial score (nSPS) is 10.6. The fourth-order valence-electron chi connectivity index (χ4n) is 3.78. The van der Waals surface area contributed by atoms with Crippen LogP contribution in [0.4, 0.5) is 32.3 Å². The van der Waals surface area contributed by atoms with E-state index in [1.807, 2.05) is 103 Å². The molecule has 0 bridgehead atoms. The minimum Gasteiger partial charge on any atom is -0.308 e. The molecule has 5 rings (SSSR count). The fourth-order valence-corrected chi connectivity index (χ4v) is 3.78. The molecule has 0 heterocycles. The molecule has 0 atom stereocenters. The Kier molecular flexibility index (Phi) is 5.78. The molecular formula is C28H22N4O2. The Morgan fingerprint density at radius 2 is 0.765 bits per heavy atom. The van der Waals surface area contributed by atoms with Gasteiger partial charge in [0.2, 0.25) is 0 Å². The quantitative estimate of drug-likeness (QED) is 0.219. The number of amides is 4. The lowest BCUT2D eigenvalue weighted by Gasteiger charge is -2.11. The highest BCUT2D eigenvalue weighted by Gasteiger charge is 2.07. The Labute approximate surface area is 196 Å². The third-order valence-corrected chi connectivity index (χ3v) is 5.37. The van der Waals surface area contributed by atoms with E-state index in [0.717, 1.165) is 32.9 Å². The number of benzene rings is 5. The van der Waals surface area contributed by atoms with Crippen LogP contribution < -0.4 is 21.3 Å². The van der Waals surface area contributed by atoms with E-state index in [1.165, 1.54) is 0 Å². The molecule has 0 aliphatic carbocycles. The summed E-state index contributed by atoms with van der Waals surface area (Å²) in [6, 6.07) is 33.7. The van der Waals surface area contributed by atoms with Gasteiger partial charge in [-0.25, -0.2) is 9.59 Å². The molecule has 0 saturated heterocycles. The Balaban J connectivity index is 1.33. The predicted octanol–water partition coefficient (Wildman–Crippen LogP) is 7.28. The number of carbonyl (C=O) groups is 2. The molecule has 34 heavy (non-hydrogen) atoms. The van der Waals surface area contributed by atoms with E-state index in [0.29, 0.717) is 11.4 Å². The Morgan fingerprint density at radius 3 is 1.21 bits per heavy atom. The van der Waals surface area contributed by atoms with Crippen molar-refractivity contribution in [3.05, 3.63) is 109 Å². The second kappa shape index (κ2) is 9.34. The molecule has 0 spiro atoms. The Hall–Kier alpha value is -4.84. The molecule has 0 radical (unpaired) electrons. The van der Waals surface area contributed by atoms with Crippen molar-refractivity contribution in [2.24, 2.45) is 0 Å². The van der Waals surface area contributed by atoms with Crippen LogP contribution >= 0.6 is 0 Å². The van der Waals surface area contributed by atoms with Crippen LogP contribution in [0.2, 0.25) is 0 Å². The van der Waals surface area contributed by atoms with Crippen molar-refractivity contribution in [2.45, 2.75) is 0 Å². The average molecular weight is 447 g/mol. The van der Waals surface area contributed by atoms with Gasteiger partial charge in [0.1, 0.15) is 0 Å². The van der Waals surface area contributed by atoms with E-state index in [9.17, 15) is 9.59 Å². The number of nitrogens with one attached hydrogen (secondary N) is 4. The summed E-state index contributed by atoms with van der Waals surface area (Å²) in [5.41, 5.74) is 2.83. The van der Waals surface area contributed by atoms with Gasteiger partial charge in [0.05, 0.1) is 0 Å². The summed E-state index contributed by atoms with van der Waals surface area (Å²) >= 11 is 0. The lowest BCUT2D eigenvalue weighted by atomic mass is 10.0. The van der Waals surface area contributed by atoms with Crippen molar-refractivity contribution >= 4 is 56.4 Å². The van der Waals surface area contributed by atoms with Crippen molar-refractivity contribution < 1.29 is 9.59 Å². The number of hydrogen-bond donors (Lipinski definition) is 4. The molecule has 6 nitrogen and oxygen atoms in total. The maximum atomic E-state index is 12.3. The topological polar surface area (TPSA) is 82.3 Å². The molecule has 0 fully saturated rings. The molecular weight excluding hydrogens is 424 g/mol. The first-order chi connectivity index (χ1) is 16.6. The molecule has 5 aromatic carbocycles. The number of carbonyl (C=O) groups excluding carboxylic acids is 2. The van der Waals surface area contributed by atoms with Crippen molar-refractivity contribution in [1.82, 2.24) is 0 Å². The first-order valence-corrected chi connectivity index (χ1v) is 10.9. The van der Waals surface area contributed by atoms with Crippen LogP contribution in [-0.2, 0) is 0 Å². The third-order valence-electron chi connectivity index (χ3n) is 5.37. The zero-order valence-corrected chi connectivity index (χ0v) is 18.2. The number of fused-ring (bicyclic) bond motifs is 2. The highest BCUT2D eigenvalue weighted by molar-refractivity contribution is 6.05. The van der Waals surface area contributed by atoms with Crippen LogP contribution in [0.25, 0.3) is 21.5 Å².